The van der Waals surface area contributed by atoms with Crippen LogP contribution in [0.15, 0.2) is 30.3 Å². The van der Waals surface area contributed by atoms with Crippen molar-refractivity contribution in [2.45, 2.75) is 32.2 Å². The van der Waals surface area contributed by atoms with Crippen molar-refractivity contribution in [1.29, 1.82) is 0 Å². The van der Waals surface area contributed by atoms with Crippen LogP contribution >= 0.6 is 0 Å². The average Bonchev–Trinajstić information content (AvgIpc) is 3.03. The lowest BCUT2D eigenvalue weighted by molar-refractivity contribution is -0.385. The van der Waals surface area contributed by atoms with Crippen molar-refractivity contribution >= 4 is 29.5 Å². The minimum absolute atomic E-state index is 0.0114. The summed E-state index contributed by atoms with van der Waals surface area (Å²) >= 11 is 0. The van der Waals surface area contributed by atoms with Gasteiger partial charge < -0.3 is 20.5 Å². The van der Waals surface area contributed by atoms with E-state index in [-0.39, 0.29) is 36.3 Å². The third-order valence-electron chi connectivity index (χ3n) is 6.22. The van der Waals surface area contributed by atoms with Gasteiger partial charge in [0, 0.05) is 18.7 Å². The highest BCUT2D eigenvalue weighted by atomic mass is 19.2. The van der Waals surface area contributed by atoms with Gasteiger partial charge in [-0.1, -0.05) is 19.4 Å². The second kappa shape index (κ2) is 12.3. The van der Waals surface area contributed by atoms with Gasteiger partial charge in [0.15, 0.2) is 11.6 Å². The number of nitrogens with zero attached hydrogens (tertiary/aromatic N) is 2. The molecule has 0 spiro atoms. The van der Waals surface area contributed by atoms with E-state index in [4.69, 9.17) is 4.74 Å². The van der Waals surface area contributed by atoms with E-state index in [0.717, 1.165) is 24.3 Å². The fourth-order valence-corrected chi connectivity index (χ4v) is 4.27. The van der Waals surface area contributed by atoms with Crippen molar-refractivity contribution in [2.24, 2.45) is 5.92 Å². The van der Waals surface area contributed by atoms with Crippen LogP contribution in [0.1, 0.15) is 47.3 Å². The van der Waals surface area contributed by atoms with E-state index in [1.807, 2.05) is 0 Å². The summed E-state index contributed by atoms with van der Waals surface area (Å²) in [4.78, 5) is 61.5. The van der Waals surface area contributed by atoms with Gasteiger partial charge in [-0.3, -0.25) is 24.6 Å². The Labute approximate surface area is 221 Å². The smallest absolute Gasteiger partial charge is 0.342 e. The summed E-state index contributed by atoms with van der Waals surface area (Å²) in [6.07, 6.45) is 0.607. The maximum atomic E-state index is 13.9. The van der Waals surface area contributed by atoms with Crippen LogP contribution in [0.4, 0.5) is 19.3 Å². The summed E-state index contributed by atoms with van der Waals surface area (Å²) in [5, 5.41) is 25.8. The van der Waals surface area contributed by atoms with E-state index in [0.29, 0.717) is 11.3 Å². The van der Waals surface area contributed by atoms with Crippen LogP contribution in [0, 0.1) is 27.7 Å². The number of nitro benzene ring substituents is 1. The molecule has 12 nitrogen and oxygen atoms in total. The molecule has 1 fully saturated rings. The number of ether oxygens (including phenoxy) is 1. The first-order valence-corrected chi connectivity index (χ1v) is 11.9. The predicted octanol–water partition coefficient (Wildman–Crippen LogP) is 2.95. The highest BCUT2D eigenvalue weighted by molar-refractivity contribution is 6.01. The zero-order valence-corrected chi connectivity index (χ0v) is 21.0. The number of imide groups is 1. The molecule has 0 radical (unpaired) electrons. The van der Waals surface area contributed by atoms with Crippen LogP contribution in [0.3, 0.4) is 0 Å². The van der Waals surface area contributed by atoms with Gasteiger partial charge in [0.2, 0.25) is 11.8 Å². The number of nitrogens with one attached hydrogen (secondary N) is 2. The Hall–Kier alpha value is -4.62. The fourth-order valence-electron chi connectivity index (χ4n) is 4.27. The Balaban J connectivity index is 1.88. The third kappa shape index (κ3) is 6.64. The molecule has 39 heavy (non-hydrogen) atoms. The van der Waals surface area contributed by atoms with Crippen LogP contribution in [-0.2, 0) is 16.0 Å². The number of amides is 4. The number of nitro groups is 1. The molecule has 3 N–H and O–H groups in total. The molecule has 3 rings (SSSR count). The predicted molar refractivity (Wildman–Crippen MR) is 131 cm³/mol. The Bertz CT molecular complexity index is 1320. The van der Waals surface area contributed by atoms with Gasteiger partial charge in [-0.15, -0.1) is 0 Å². The molecule has 1 saturated heterocycles. The minimum Gasteiger partial charge on any atom is -0.496 e. The molecule has 1 aliphatic rings. The van der Waals surface area contributed by atoms with Crippen molar-refractivity contribution in [2.75, 3.05) is 20.2 Å². The molecular weight excluding hydrogens is 522 g/mol. The number of benzene rings is 2. The number of methoxy groups -OCH3 is 1. The summed E-state index contributed by atoms with van der Waals surface area (Å²) in [7, 11) is 1.24. The molecule has 0 aliphatic carbocycles. The van der Waals surface area contributed by atoms with Crippen LogP contribution < -0.4 is 15.4 Å². The van der Waals surface area contributed by atoms with Crippen molar-refractivity contribution in [3.8, 4) is 5.75 Å². The molecule has 14 heteroatoms. The minimum atomic E-state index is -1.49. The Kier molecular flexibility index (Phi) is 9.12. The number of hydrogen-bond donors (Lipinski definition) is 3. The lowest BCUT2D eigenvalue weighted by Crippen LogP contribution is -2.48. The Morgan fingerprint density at radius 2 is 1.95 bits per heavy atom. The first-order valence-electron chi connectivity index (χ1n) is 11.9. The van der Waals surface area contributed by atoms with E-state index < -0.39 is 70.1 Å². The summed E-state index contributed by atoms with van der Waals surface area (Å²) in [6, 6.07) is 3.32. The monoisotopic (exact) mass is 548 g/mol. The maximum Gasteiger partial charge on any atom is 0.342 e. The highest BCUT2D eigenvalue weighted by Crippen LogP contribution is 2.28. The number of carbonyl (C=O) groups is 4. The largest absolute Gasteiger partial charge is 0.496 e. The number of urea groups is 1. The molecule has 0 aromatic heterocycles. The lowest BCUT2D eigenvalue weighted by Gasteiger charge is -2.26. The number of halogens is 2. The van der Waals surface area contributed by atoms with Crippen LogP contribution in [0.5, 0.6) is 5.75 Å². The standard InChI is InChI=1S/C25H26F2N4O8/c1-3-4-19(13-5-6-16(24(34)35)20(9-13)31(37)38)29-25(36)30-12-22(32)28-11-15(23(30)33)7-14-8-17(26)18(27)10-21(14)39-2/h5-6,8-10,15,19H,3-4,7,11-12H2,1-2H3,(H,28,32)(H,29,36)(H,34,35)/t15-,19+/m0/s1. The normalized spacial score (nSPS) is 16.2. The SMILES string of the molecule is CCC[C@@H](NC(=O)N1CC(=O)NC[C@H](Cc2cc(F)c(F)cc2OC)C1=O)c1ccc(C(=O)O)c([N+](=O)[O-])c1. The van der Waals surface area contributed by atoms with Gasteiger partial charge >= 0.3 is 12.0 Å². The molecule has 0 saturated carbocycles. The van der Waals surface area contributed by atoms with Gasteiger partial charge in [-0.2, -0.15) is 0 Å². The number of carboxylic acids is 1. The van der Waals surface area contributed by atoms with Crippen LogP contribution in [0.2, 0.25) is 0 Å². The summed E-state index contributed by atoms with van der Waals surface area (Å²) in [5.74, 6) is -6.23. The molecule has 1 aliphatic heterocycles. The zero-order chi connectivity index (χ0) is 28.9. The van der Waals surface area contributed by atoms with Gasteiger partial charge in [0.25, 0.3) is 5.69 Å². The van der Waals surface area contributed by atoms with Gasteiger partial charge in [0.1, 0.15) is 17.9 Å². The molecule has 4 amide bonds. The maximum absolute atomic E-state index is 13.9. The molecule has 2 aromatic rings. The van der Waals surface area contributed by atoms with E-state index in [1.54, 1.807) is 6.92 Å². The molecule has 1 heterocycles. The second-order valence-corrected chi connectivity index (χ2v) is 8.84. The van der Waals surface area contributed by atoms with E-state index in [9.17, 15) is 43.2 Å². The van der Waals surface area contributed by atoms with E-state index >= 15 is 0 Å². The van der Waals surface area contributed by atoms with Gasteiger partial charge in [-0.25, -0.2) is 18.4 Å². The van der Waals surface area contributed by atoms with E-state index in [1.165, 1.54) is 13.2 Å². The zero-order valence-electron chi connectivity index (χ0n) is 21.0. The van der Waals surface area contributed by atoms with Crippen LogP contribution in [0.25, 0.3) is 0 Å². The summed E-state index contributed by atoms with van der Waals surface area (Å²) in [6.45, 7) is 0.993. The number of aromatic carboxylic acids is 1. The van der Waals surface area contributed by atoms with Crippen molar-refractivity contribution in [3.05, 3.63) is 68.8 Å². The van der Waals surface area contributed by atoms with Gasteiger partial charge in [-0.05, 0) is 36.1 Å². The highest BCUT2D eigenvalue weighted by Gasteiger charge is 2.35. The summed E-state index contributed by atoms with van der Waals surface area (Å²) < 4.78 is 32.6. The fraction of sp³-hybridized carbons (Fsp3) is 0.360. The van der Waals surface area contributed by atoms with Crippen molar-refractivity contribution < 1.29 is 42.7 Å². The third-order valence-corrected chi connectivity index (χ3v) is 6.22. The average molecular weight is 548 g/mol. The molecule has 2 aromatic carbocycles. The Morgan fingerprint density at radius 3 is 2.56 bits per heavy atom. The molecule has 208 valence electrons. The van der Waals surface area contributed by atoms with Crippen molar-refractivity contribution in [1.82, 2.24) is 15.5 Å². The summed E-state index contributed by atoms with van der Waals surface area (Å²) in [5.41, 5.74) is -0.807. The lowest BCUT2D eigenvalue weighted by atomic mass is 9.97. The number of hydrogen-bond acceptors (Lipinski definition) is 7. The molecular formula is C25H26F2N4O8. The topological polar surface area (TPSA) is 168 Å². The van der Waals surface area contributed by atoms with Crippen LogP contribution in [-0.4, -0.2) is 58.9 Å². The molecule has 0 bridgehead atoms. The molecule has 0 unspecified atom stereocenters. The Morgan fingerprint density at radius 1 is 1.26 bits per heavy atom. The first kappa shape index (κ1) is 28.9. The first-order chi connectivity index (χ1) is 18.5. The van der Waals surface area contributed by atoms with Crippen molar-refractivity contribution in [3.63, 3.8) is 0 Å². The molecule has 2 atom stereocenters. The number of carbonyl (C=O) groups excluding carboxylic acids is 3. The van der Waals surface area contributed by atoms with Gasteiger partial charge in [0.05, 0.1) is 24.0 Å². The number of rotatable bonds is 9. The van der Waals surface area contributed by atoms with E-state index in [2.05, 4.69) is 10.6 Å². The quantitative estimate of drug-likeness (QED) is 0.317. The number of carboxylic acid groups (broad SMARTS) is 1. The second-order valence-electron chi connectivity index (χ2n) is 8.84.